The molecule has 0 atom stereocenters. The normalized spacial score (nSPS) is 10.2. The molecular weight excluding hydrogens is 240 g/mol. The number of nitro groups is 1. The van der Waals surface area contributed by atoms with Crippen molar-refractivity contribution in [2.24, 2.45) is 0 Å². The van der Waals surface area contributed by atoms with Gasteiger partial charge in [0, 0.05) is 24.1 Å². The Morgan fingerprint density at radius 1 is 1.53 bits per heavy atom. The first-order valence-electron chi connectivity index (χ1n) is 5.39. The zero-order valence-electron chi connectivity index (χ0n) is 9.68. The Morgan fingerprint density at radius 3 is 2.88 bits per heavy atom. The topological polar surface area (TPSA) is 75.4 Å². The van der Waals surface area contributed by atoms with Gasteiger partial charge in [-0.25, -0.2) is 0 Å². The molecule has 1 aromatic carbocycles. The molecule has 0 saturated carbocycles. The summed E-state index contributed by atoms with van der Waals surface area (Å²) >= 11 is 1.55. The van der Waals surface area contributed by atoms with Gasteiger partial charge in [-0.1, -0.05) is 12.1 Å². The number of hydrogen-bond donors (Lipinski definition) is 2. The number of rotatable bonds is 7. The molecule has 94 valence electrons. The van der Waals surface area contributed by atoms with Crippen LogP contribution in [0.15, 0.2) is 18.2 Å². The minimum Gasteiger partial charge on any atom is -0.396 e. The van der Waals surface area contributed by atoms with Gasteiger partial charge in [0.2, 0.25) is 0 Å². The number of nitro benzene ring substituents is 1. The number of para-hydroxylation sites is 1. The molecule has 5 nitrogen and oxygen atoms in total. The van der Waals surface area contributed by atoms with E-state index in [-0.39, 0.29) is 17.2 Å². The second-order valence-corrected chi connectivity index (χ2v) is 4.48. The van der Waals surface area contributed by atoms with Gasteiger partial charge in [0.05, 0.1) is 11.5 Å². The lowest BCUT2D eigenvalue weighted by atomic mass is 10.1. The van der Waals surface area contributed by atoms with E-state index >= 15 is 0 Å². The van der Waals surface area contributed by atoms with Crippen molar-refractivity contribution in [2.75, 3.05) is 24.2 Å². The minimum atomic E-state index is -0.377. The van der Waals surface area contributed by atoms with Crippen molar-refractivity contribution in [3.63, 3.8) is 0 Å². The van der Waals surface area contributed by atoms with Crippen LogP contribution in [0.4, 0.5) is 11.4 Å². The number of nitrogens with zero attached hydrogens (tertiary/aromatic N) is 1. The first-order chi connectivity index (χ1) is 8.20. The Morgan fingerprint density at radius 2 is 2.29 bits per heavy atom. The predicted molar refractivity (Wildman–Crippen MR) is 70.5 cm³/mol. The van der Waals surface area contributed by atoms with E-state index in [0.29, 0.717) is 23.7 Å². The molecule has 2 N–H and O–H groups in total. The Bertz CT molecular complexity index is 385. The van der Waals surface area contributed by atoms with Crippen LogP contribution in [0.5, 0.6) is 0 Å². The second-order valence-electron chi connectivity index (χ2n) is 3.37. The molecule has 0 heterocycles. The number of hydrogen-bond acceptors (Lipinski definition) is 5. The molecule has 1 aromatic rings. The highest BCUT2D eigenvalue weighted by atomic mass is 32.2. The fraction of sp³-hybridized carbons (Fsp3) is 0.455. The van der Waals surface area contributed by atoms with E-state index in [0.717, 1.165) is 5.56 Å². The molecule has 0 radical (unpaired) electrons. The van der Waals surface area contributed by atoms with Crippen LogP contribution in [0.1, 0.15) is 12.5 Å². The standard InChI is InChI=1S/C11H16N2O3S/c1-2-12-11-9(8-17-7-6-14)4-3-5-10(11)13(15)16/h3-5,12,14H,2,6-8H2,1H3. The van der Waals surface area contributed by atoms with E-state index in [1.54, 1.807) is 17.8 Å². The lowest BCUT2D eigenvalue weighted by Gasteiger charge is -2.10. The monoisotopic (exact) mass is 256 g/mol. The summed E-state index contributed by atoms with van der Waals surface area (Å²) < 4.78 is 0. The van der Waals surface area contributed by atoms with E-state index in [4.69, 9.17) is 5.11 Å². The molecule has 0 amide bonds. The van der Waals surface area contributed by atoms with Gasteiger partial charge in [0.25, 0.3) is 5.69 Å². The summed E-state index contributed by atoms with van der Waals surface area (Å²) in [5.41, 5.74) is 1.60. The highest BCUT2D eigenvalue weighted by Gasteiger charge is 2.16. The van der Waals surface area contributed by atoms with Crippen molar-refractivity contribution in [3.8, 4) is 0 Å². The van der Waals surface area contributed by atoms with Crippen molar-refractivity contribution in [1.82, 2.24) is 0 Å². The molecule has 0 bridgehead atoms. The summed E-state index contributed by atoms with van der Waals surface area (Å²) in [5.74, 6) is 1.29. The first kappa shape index (κ1) is 13.8. The summed E-state index contributed by atoms with van der Waals surface area (Å²) in [7, 11) is 0. The van der Waals surface area contributed by atoms with E-state index in [9.17, 15) is 10.1 Å². The molecule has 17 heavy (non-hydrogen) atoms. The van der Waals surface area contributed by atoms with Crippen LogP contribution in [0.25, 0.3) is 0 Å². The Balaban J connectivity index is 2.93. The maximum absolute atomic E-state index is 10.9. The van der Waals surface area contributed by atoms with Gasteiger partial charge in [-0.3, -0.25) is 10.1 Å². The summed E-state index contributed by atoms with van der Waals surface area (Å²) in [4.78, 5) is 10.5. The first-order valence-corrected chi connectivity index (χ1v) is 6.55. The van der Waals surface area contributed by atoms with Crippen molar-refractivity contribution in [2.45, 2.75) is 12.7 Å². The molecule has 0 aliphatic heterocycles. The largest absolute Gasteiger partial charge is 0.396 e. The Kier molecular flexibility index (Phi) is 5.79. The lowest BCUT2D eigenvalue weighted by Crippen LogP contribution is -2.04. The number of aliphatic hydroxyl groups is 1. The average molecular weight is 256 g/mol. The van der Waals surface area contributed by atoms with Gasteiger partial charge in [-0.05, 0) is 12.5 Å². The maximum atomic E-state index is 10.9. The second kappa shape index (κ2) is 7.13. The molecule has 6 heteroatoms. The summed E-state index contributed by atoms with van der Waals surface area (Å²) in [6, 6.07) is 5.06. The summed E-state index contributed by atoms with van der Waals surface area (Å²) in [6.45, 7) is 2.67. The Labute approximate surface area is 104 Å². The zero-order valence-corrected chi connectivity index (χ0v) is 10.5. The fourth-order valence-electron chi connectivity index (χ4n) is 1.49. The SMILES string of the molecule is CCNc1c(CSCCO)cccc1[N+](=O)[O-]. The van der Waals surface area contributed by atoms with Crippen LogP contribution in [-0.4, -0.2) is 28.9 Å². The number of benzene rings is 1. The molecular formula is C11H16N2O3S. The van der Waals surface area contributed by atoms with Gasteiger partial charge < -0.3 is 10.4 Å². The molecule has 0 aliphatic carbocycles. The summed E-state index contributed by atoms with van der Waals surface area (Å²) in [5, 5.41) is 22.6. The number of aliphatic hydroxyl groups excluding tert-OH is 1. The number of thioether (sulfide) groups is 1. The zero-order chi connectivity index (χ0) is 12.7. The predicted octanol–water partition coefficient (Wildman–Crippen LogP) is 2.25. The number of nitrogens with one attached hydrogen (secondary N) is 1. The van der Waals surface area contributed by atoms with Crippen molar-refractivity contribution < 1.29 is 10.0 Å². The van der Waals surface area contributed by atoms with Crippen molar-refractivity contribution in [1.29, 1.82) is 0 Å². The van der Waals surface area contributed by atoms with Gasteiger partial charge >= 0.3 is 0 Å². The average Bonchev–Trinajstić information content (AvgIpc) is 2.31. The third-order valence-electron chi connectivity index (χ3n) is 2.17. The third kappa shape index (κ3) is 3.90. The van der Waals surface area contributed by atoms with Crippen LogP contribution in [0.2, 0.25) is 0 Å². The minimum absolute atomic E-state index is 0.106. The van der Waals surface area contributed by atoms with Gasteiger partial charge in [0.1, 0.15) is 5.69 Å². The van der Waals surface area contributed by atoms with E-state index < -0.39 is 0 Å². The molecule has 0 fully saturated rings. The van der Waals surface area contributed by atoms with Gasteiger partial charge in [-0.2, -0.15) is 11.8 Å². The van der Waals surface area contributed by atoms with E-state index in [2.05, 4.69) is 5.32 Å². The van der Waals surface area contributed by atoms with Gasteiger partial charge in [0.15, 0.2) is 0 Å². The molecule has 0 aromatic heterocycles. The highest BCUT2D eigenvalue weighted by molar-refractivity contribution is 7.98. The number of anilines is 1. The smallest absolute Gasteiger partial charge is 0.292 e. The molecule has 1 rings (SSSR count). The van der Waals surface area contributed by atoms with Crippen LogP contribution < -0.4 is 5.32 Å². The van der Waals surface area contributed by atoms with Crippen LogP contribution in [0, 0.1) is 10.1 Å². The van der Waals surface area contributed by atoms with E-state index in [1.807, 2.05) is 13.0 Å². The fourth-order valence-corrected chi connectivity index (χ4v) is 2.22. The molecule has 0 unspecified atom stereocenters. The Hall–Kier alpha value is -1.27. The summed E-state index contributed by atoms with van der Waals surface area (Å²) in [6.07, 6.45) is 0. The van der Waals surface area contributed by atoms with E-state index in [1.165, 1.54) is 6.07 Å². The van der Waals surface area contributed by atoms with Crippen LogP contribution in [0.3, 0.4) is 0 Å². The quantitative estimate of drug-likeness (QED) is 0.444. The van der Waals surface area contributed by atoms with Gasteiger partial charge in [-0.15, -0.1) is 0 Å². The maximum Gasteiger partial charge on any atom is 0.292 e. The van der Waals surface area contributed by atoms with Crippen LogP contribution >= 0.6 is 11.8 Å². The van der Waals surface area contributed by atoms with Crippen LogP contribution in [-0.2, 0) is 5.75 Å². The molecule has 0 spiro atoms. The molecule has 0 saturated heterocycles. The molecule has 0 aliphatic rings. The highest BCUT2D eigenvalue weighted by Crippen LogP contribution is 2.30. The van der Waals surface area contributed by atoms with Crippen molar-refractivity contribution in [3.05, 3.63) is 33.9 Å². The van der Waals surface area contributed by atoms with Crippen molar-refractivity contribution >= 4 is 23.1 Å². The third-order valence-corrected chi connectivity index (χ3v) is 3.16. The lowest BCUT2D eigenvalue weighted by molar-refractivity contribution is -0.384.